The van der Waals surface area contributed by atoms with Crippen molar-refractivity contribution < 1.29 is 13.2 Å². The van der Waals surface area contributed by atoms with Crippen LogP contribution >= 0.6 is 0 Å². The van der Waals surface area contributed by atoms with Crippen molar-refractivity contribution in [2.75, 3.05) is 26.0 Å². The highest BCUT2D eigenvalue weighted by molar-refractivity contribution is 7.89. The van der Waals surface area contributed by atoms with Crippen LogP contribution in [0.5, 0.6) is 0 Å². The van der Waals surface area contributed by atoms with E-state index in [1.54, 1.807) is 0 Å². The molecule has 0 aliphatic heterocycles. The Morgan fingerprint density at radius 1 is 1.42 bits per heavy atom. The number of nitrogens with one attached hydrogen (secondary N) is 1. The predicted octanol–water partition coefficient (Wildman–Crippen LogP) is 0.208. The molecule has 0 atom stereocenters. The van der Waals surface area contributed by atoms with Gasteiger partial charge in [0.05, 0.1) is 12.4 Å². The standard InChI is InChI=1S/C7H17NO3S/c1-7(2)6-8-12(9,10)5-4-11-3/h7-8H,4-6H2,1-3H3. The van der Waals surface area contributed by atoms with Gasteiger partial charge in [-0.25, -0.2) is 13.1 Å². The molecule has 0 heterocycles. The van der Waals surface area contributed by atoms with Crippen LogP contribution in [0, 0.1) is 5.92 Å². The molecule has 0 fully saturated rings. The van der Waals surface area contributed by atoms with E-state index in [0.717, 1.165) is 0 Å². The number of hydrogen-bond acceptors (Lipinski definition) is 3. The van der Waals surface area contributed by atoms with E-state index in [0.29, 0.717) is 12.5 Å². The molecule has 0 bridgehead atoms. The van der Waals surface area contributed by atoms with Gasteiger partial charge in [0.15, 0.2) is 0 Å². The van der Waals surface area contributed by atoms with Gasteiger partial charge < -0.3 is 4.74 Å². The lowest BCUT2D eigenvalue weighted by Crippen LogP contribution is -2.31. The van der Waals surface area contributed by atoms with Crippen molar-refractivity contribution in [1.82, 2.24) is 4.72 Å². The van der Waals surface area contributed by atoms with Gasteiger partial charge in [-0.3, -0.25) is 0 Å². The van der Waals surface area contributed by atoms with E-state index in [2.05, 4.69) is 9.46 Å². The second-order valence-electron chi connectivity index (χ2n) is 3.05. The number of hydrogen-bond donors (Lipinski definition) is 1. The van der Waals surface area contributed by atoms with Crippen LogP contribution in [0.2, 0.25) is 0 Å². The Kier molecular flexibility index (Phi) is 5.44. The van der Waals surface area contributed by atoms with Gasteiger partial charge >= 0.3 is 0 Å². The van der Waals surface area contributed by atoms with Gasteiger partial charge in [0.1, 0.15) is 0 Å². The third-order valence-corrected chi connectivity index (χ3v) is 2.58. The monoisotopic (exact) mass is 195 g/mol. The van der Waals surface area contributed by atoms with Gasteiger partial charge in [-0.15, -0.1) is 0 Å². The SMILES string of the molecule is COCCS(=O)(=O)NCC(C)C. The van der Waals surface area contributed by atoms with Crippen LogP contribution in [0.4, 0.5) is 0 Å². The summed E-state index contributed by atoms with van der Waals surface area (Å²) >= 11 is 0. The van der Waals surface area contributed by atoms with Crippen molar-refractivity contribution in [1.29, 1.82) is 0 Å². The minimum atomic E-state index is -3.11. The Bertz CT molecular complexity index is 199. The predicted molar refractivity (Wildman–Crippen MR) is 48.5 cm³/mol. The fourth-order valence-electron chi connectivity index (χ4n) is 0.559. The summed E-state index contributed by atoms with van der Waals surface area (Å²) < 4.78 is 29.4. The smallest absolute Gasteiger partial charge is 0.213 e. The molecule has 0 aromatic heterocycles. The highest BCUT2D eigenvalue weighted by atomic mass is 32.2. The fourth-order valence-corrected chi connectivity index (χ4v) is 1.68. The fraction of sp³-hybridized carbons (Fsp3) is 1.00. The Morgan fingerprint density at radius 2 is 2.00 bits per heavy atom. The lowest BCUT2D eigenvalue weighted by atomic mass is 10.2. The largest absolute Gasteiger partial charge is 0.384 e. The summed E-state index contributed by atoms with van der Waals surface area (Å²) in [6.07, 6.45) is 0. The summed E-state index contributed by atoms with van der Waals surface area (Å²) in [6, 6.07) is 0. The van der Waals surface area contributed by atoms with E-state index in [-0.39, 0.29) is 12.4 Å². The summed E-state index contributed by atoms with van der Waals surface area (Å²) in [5.74, 6) is 0.373. The van der Waals surface area contributed by atoms with Crippen molar-refractivity contribution in [2.24, 2.45) is 5.92 Å². The van der Waals surface area contributed by atoms with Gasteiger partial charge in [-0.1, -0.05) is 13.8 Å². The summed E-state index contributed by atoms with van der Waals surface area (Å²) in [4.78, 5) is 0. The van der Waals surface area contributed by atoms with Gasteiger partial charge in [-0.05, 0) is 5.92 Å². The molecule has 0 spiro atoms. The van der Waals surface area contributed by atoms with E-state index in [1.807, 2.05) is 13.8 Å². The zero-order chi connectivity index (χ0) is 9.61. The molecule has 0 radical (unpaired) electrons. The van der Waals surface area contributed by atoms with E-state index in [9.17, 15) is 8.42 Å². The Labute approximate surface area is 74.4 Å². The molecule has 0 saturated carbocycles. The molecule has 0 aromatic rings. The molecule has 0 unspecified atom stereocenters. The number of sulfonamides is 1. The second kappa shape index (κ2) is 5.50. The van der Waals surface area contributed by atoms with Crippen LogP contribution in [-0.2, 0) is 14.8 Å². The molecule has 0 aliphatic carbocycles. The summed E-state index contributed by atoms with van der Waals surface area (Å²) in [6.45, 7) is 4.65. The first-order valence-electron chi connectivity index (χ1n) is 3.94. The Balaban J connectivity index is 3.73. The average molecular weight is 195 g/mol. The van der Waals surface area contributed by atoms with Gasteiger partial charge in [0, 0.05) is 13.7 Å². The van der Waals surface area contributed by atoms with Crippen molar-refractivity contribution in [3.05, 3.63) is 0 Å². The maximum atomic E-state index is 11.1. The van der Waals surface area contributed by atoms with Crippen molar-refractivity contribution in [3.63, 3.8) is 0 Å². The van der Waals surface area contributed by atoms with E-state index >= 15 is 0 Å². The molecule has 74 valence electrons. The molecular weight excluding hydrogens is 178 g/mol. The molecule has 4 nitrogen and oxygen atoms in total. The van der Waals surface area contributed by atoms with Gasteiger partial charge in [0.25, 0.3) is 0 Å². The van der Waals surface area contributed by atoms with E-state index in [4.69, 9.17) is 0 Å². The van der Waals surface area contributed by atoms with Gasteiger partial charge in [-0.2, -0.15) is 0 Å². The van der Waals surface area contributed by atoms with Crippen LogP contribution in [-0.4, -0.2) is 34.4 Å². The highest BCUT2D eigenvalue weighted by Crippen LogP contribution is 1.91. The molecule has 0 aromatic carbocycles. The maximum Gasteiger partial charge on any atom is 0.213 e. The van der Waals surface area contributed by atoms with Crippen LogP contribution in [0.1, 0.15) is 13.8 Å². The number of methoxy groups -OCH3 is 1. The first kappa shape index (κ1) is 11.9. The van der Waals surface area contributed by atoms with E-state index in [1.165, 1.54) is 7.11 Å². The lowest BCUT2D eigenvalue weighted by molar-refractivity contribution is 0.217. The first-order chi connectivity index (χ1) is 5.48. The minimum absolute atomic E-state index is 0.0379. The summed E-state index contributed by atoms with van der Waals surface area (Å²) in [5, 5.41) is 0. The van der Waals surface area contributed by atoms with Gasteiger partial charge in [0.2, 0.25) is 10.0 Å². The highest BCUT2D eigenvalue weighted by Gasteiger charge is 2.09. The minimum Gasteiger partial charge on any atom is -0.384 e. The Morgan fingerprint density at radius 3 is 2.42 bits per heavy atom. The molecule has 0 amide bonds. The first-order valence-corrected chi connectivity index (χ1v) is 5.59. The third kappa shape index (κ3) is 6.57. The molecule has 1 N–H and O–H groups in total. The van der Waals surface area contributed by atoms with E-state index < -0.39 is 10.0 Å². The van der Waals surface area contributed by atoms with Crippen LogP contribution < -0.4 is 4.72 Å². The lowest BCUT2D eigenvalue weighted by Gasteiger charge is -2.07. The summed E-state index contributed by atoms with van der Waals surface area (Å²) in [7, 11) is -1.63. The molecule has 0 aliphatic rings. The molecule has 0 rings (SSSR count). The summed E-state index contributed by atoms with van der Waals surface area (Å²) in [5.41, 5.74) is 0. The molecule has 0 saturated heterocycles. The zero-order valence-corrected chi connectivity index (χ0v) is 8.65. The topological polar surface area (TPSA) is 55.4 Å². The number of rotatable bonds is 6. The molecule has 5 heteroatoms. The normalized spacial score (nSPS) is 12.3. The number of ether oxygens (including phenoxy) is 1. The Hall–Kier alpha value is -0.130. The van der Waals surface area contributed by atoms with Crippen molar-refractivity contribution in [3.8, 4) is 0 Å². The quantitative estimate of drug-likeness (QED) is 0.659. The second-order valence-corrected chi connectivity index (χ2v) is 4.98. The van der Waals surface area contributed by atoms with Crippen LogP contribution in [0.25, 0.3) is 0 Å². The van der Waals surface area contributed by atoms with Crippen LogP contribution in [0.3, 0.4) is 0 Å². The third-order valence-electron chi connectivity index (χ3n) is 1.27. The van der Waals surface area contributed by atoms with Crippen molar-refractivity contribution >= 4 is 10.0 Å². The zero-order valence-electron chi connectivity index (χ0n) is 7.83. The van der Waals surface area contributed by atoms with Crippen molar-refractivity contribution in [2.45, 2.75) is 13.8 Å². The van der Waals surface area contributed by atoms with Crippen LogP contribution in [0.15, 0.2) is 0 Å². The maximum absolute atomic E-state index is 11.1. The molecular formula is C7H17NO3S. The molecule has 12 heavy (non-hydrogen) atoms. The average Bonchev–Trinajstić information content (AvgIpc) is 1.98.